The van der Waals surface area contributed by atoms with E-state index in [1.54, 1.807) is 17.6 Å². The van der Waals surface area contributed by atoms with Gasteiger partial charge in [-0.25, -0.2) is 10.5 Å². The van der Waals surface area contributed by atoms with Crippen molar-refractivity contribution in [3.8, 4) is 0 Å². The second-order valence-electron chi connectivity index (χ2n) is 8.86. The highest BCUT2D eigenvalue weighted by atomic mass is 32.2. The van der Waals surface area contributed by atoms with Gasteiger partial charge in [0.1, 0.15) is 6.33 Å². The first-order valence-electron chi connectivity index (χ1n) is 12.4. The van der Waals surface area contributed by atoms with Crippen LogP contribution in [0, 0.1) is 0 Å². The molecule has 0 radical (unpaired) electrons. The van der Waals surface area contributed by atoms with Crippen molar-refractivity contribution in [1.29, 1.82) is 0 Å². The molecule has 3 atom stereocenters. The Bertz CT molecular complexity index is 1160. The summed E-state index contributed by atoms with van der Waals surface area (Å²) in [7, 11) is 0. The van der Waals surface area contributed by atoms with E-state index in [2.05, 4.69) is 20.5 Å². The van der Waals surface area contributed by atoms with Gasteiger partial charge in [0.2, 0.25) is 11.8 Å². The summed E-state index contributed by atoms with van der Waals surface area (Å²) in [5.74, 6) is 0.0496. The minimum Gasteiger partial charge on any atom is -0.392 e. The minimum atomic E-state index is -0.603. The number of carbonyl (C=O) groups excluding carboxylic acids is 2. The SMILES string of the molecule is O=C(CCCCC(=O)Nc1ccc([C@H]2O[C@@H](CSc3ncn[nH]3)C[C@@H](c3ccc(CO)cc3)O2)cc1)NO. The number of hydroxylamine groups is 1. The number of nitrogens with one attached hydrogen (secondary N) is 3. The molecule has 0 unspecified atom stereocenters. The molecular formula is C26H31N5O6S. The molecule has 38 heavy (non-hydrogen) atoms. The summed E-state index contributed by atoms with van der Waals surface area (Å²) in [6.45, 7) is -0.0161. The number of amides is 2. The van der Waals surface area contributed by atoms with Gasteiger partial charge in [0.05, 0.1) is 18.8 Å². The van der Waals surface area contributed by atoms with Gasteiger partial charge in [-0.1, -0.05) is 48.2 Å². The zero-order chi connectivity index (χ0) is 26.7. The Labute approximate surface area is 224 Å². The van der Waals surface area contributed by atoms with Gasteiger partial charge in [-0.05, 0) is 36.1 Å². The second-order valence-corrected chi connectivity index (χ2v) is 9.87. The molecule has 4 rings (SSSR count). The van der Waals surface area contributed by atoms with Crippen LogP contribution in [0.3, 0.4) is 0 Å². The molecule has 0 aliphatic carbocycles. The van der Waals surface area contributed by atoms with Crippen molar-refractivity contribution < 1.29 is 29.4 Å². The van der Waals surface area contributed by atoms with E-state index in [1.807, 2.05) is 36.4 Å². The molecular weight excluding hydrogens is 510 g/mol. The van der Waals surface area contributed by atoms with E-state index in [-0.39, 0.29) is 37.6 Å². The van der Waals surface area contributed by atoms with Gasteiger partial charge in [-0.15, -0.1) is 0 Å². The molecule has 1 aromatic heterocycles. The van der Waals surface area contributed by atoms with E-state index < -0.39 is 12.2 Å². The lowest BCUT2D eigenvalue weighted by Crippen LogP contribution is -2.31. The van der Waals surface area contributed by atoms with E-state index in [0.717, 1.165) is 21.8 Å². The Morgan fingerprint density at radius 1 is 1.00 bits per heavy atom. The summed E-state index contributed by atoms with van der Waals surface area (Å²) < 4.78 is 12.6. The Balaban J connectivity index is 1.38. The number of unbranched alkanes of at least 4 members (excludes halogenated alkanes) is 1. The van der Waals surface area contributed by atoms with E-state index in [4.69, 9.17) is 14.7 Å². The first-order valence-corrected chi connectivity index (χ1v) is 13.3. The third kappa shape index (κ3) is 8.10. The molecule has 2 heterocycles. The predicted octanol–water partition coefficient (Wildman–Crippen LogP) is 3.64. The molecule has 1 saturated heterocycles. The molecule has 2 aromatic carbocycles. The minimum absolute atomic E-state index is 0.0161. The number of anilines is 1. The molecule has 0 saturated carbocycles. The summed E-state index contributed by atoms with van der Waals surface area (Å²) in [5.41, 5.74) is 4.89. The number of H-pyrrole nitrogens is 1. The summed E-state index contributed by atoms with van der Waals surface area (Å²) in [4.78, 5) is 27.4. The highest BCUT2D eigenvalue weighted by molar-refractivity contribution is 7.99. The topological polar surface area (TPSA) is 159 Å². The number of thioether (sulfide) groups is 1. The second kappa shape index (κ2) is 14.0. The number of rotatable bonds is 12. The van der Waals surface area contributed by atoms with Crippen molar-refractivity contribution in [2.75, 3.05) is 11.1 Å². The average Bonchev–Trinajstić information content (AvgIpc) is 3.48. The lowest BCUT2D eigenvalue weighted by molar-refractivity contribution is -0.245. The molecule has 1 aliphatic rings. The van der Waals surface area contributed by atoms with Gasteiger partial charge in [0.15, 0.2) is 11.4 Å². The number of nitrogens with zero attached hydrogens (tertiary/aromatic N) is 2. The molecule has 1 aliphatic heterocycles. The van der Waals surface area contributed by atoms with Crippen LogP contribution in [-0.2, 0) is 25.7 Å². The van der Waals surface area contributed by atoms with Gasteiger partial charge in [-0.3, -0.25) is 19.9 Å². The van der Waals surface area contributed by atoms with Crippen molar-refractivity contribution in [1.82, 2.24) is 20.7 Å². The number of benzene rings is 2. The maximum Gasteiger partial charge on any atom is 0.243 e. The molecule has 12 heteroatoms. The maximum atomic E-state index is 12.2. The smallest absolute Gasteiger partial charge is 0.243 e. The first-order chi connectivity index (χ1) is 18.5. The standard InChI is InChI=1S/C26H31N5O6S/c32-14-17-5-7-18(8-6-17)22-13-21(15-38-26-27-16-28-30-26)36-25(37-22)19-9-11-20(12-10-19)29-23(33)3-1-2-4-24(34)31-35/h5-12,16,21-22,25,32,35H,1-4,13-15H2,(H,29,33)(H,31,34)(H,27,28,30)/t21-,22+,25+/m1/s1. The van der Waals surface area contributed by atoms with Crippen molar-refractivity contribution in [3.05, 3.63) is 71.5 Å². The first kappa shape index (κ1) is 27.7. The molecule has 1 fully saturated rings. The summed E-state index contributed by atoms with van der Waals surface area (Å²) >= 11 is 1.53. The van der Waals surface area contributed by atoms with Crippen LogP contribution in [0.25, 0.3) is 0 Å². The molecule has 3 aromatic rings. The normalized spacial score (nSPS) is 19.2. The number of aliphatic hydroxyl groups excluding tert-OH is 1. The quantitative estimate of drug-likeness (QED) is 0.0999. The lowest BCUT2D eigenvalue weighted by atomic mass is 10.0. The van der Waals surface area contributed by atoms with Crippen LogP contribution in [0.15, 0.2) is 60.0 Å². The van der Waals surface area contributed by atoms with Crippen LogP contribution in [0.5, 0.6) is 0 Å². The maximum absolute atomic E-state index is 12.2. The molecule has 202 valence electrons. The number of ether oxygens (including phenoxy) is 2. The Hall–Kier alpha value is -3.29. The fourth-order valence-corrected chi connectivity index (χ4v) is 4.83. The van der Waals surface area contributed by atoms with E-state index in [0.29, 0.717) is 30.7 Å². The number of hydrogen-bond donors (Lipinski definition) is 5. The molecule has 11 nitrogen and oxygen atoms in total. The summed E-state index contributed by atoms with van der Waals surface area (Å²) in [6.07, 6.45) is 2.70. The number of carbonyl (C=O) groups is 2. The lowest BCUT2D eigenvalue weighted by Gasteiger charge is -2.36. The van der Waals surface area contributed by atoms with Crippen molar-refractivity contribution in [2.45, 2.75) is 62.4 Å². The summed E-state index contributed by atoms with van der Waals surface area (Å²) in [5, 5.41) is 28.2. The predicted molar refractivity (Wildman–Crippen MR) is 139 cm³/mol. The van der Waals surface area contributed by atoms with Gasteiger partial charge in [-0.2, -0.15) is 5.10 Å². The zero-order valence-corrected chi connectivity index (χ0v) is 21.5. The van der Waals surface area contributed by atoms with Crippen molar-refractivity contribution in [2.24, 2.45) is 0 Å². The van der Waals surface area contributed by atoms with Gasteiger partial charge < -0.3 is 19.9 Å². The summed E-state index contributed by atoms with van der Waals surface area (Å²) in [6, 6.07) is 15.0. The van der Waals surface area contributed by atoms with Gasteiger partial charge >= 0.3 is 0 Å². The highest BCUT2D eigenvalue weighted by Crippen LogP contribution is 2.39. The third-order valence-corrected chi connectivity index (χ3v) is 7.07. The average molecular weight is 542 g/mol. The fourth-order valence-electron chi connectivity index (χ4n) is 4.03. The van der Waals surface area contributed by atoms with Crippen LogP contribution >= 0.6 is 11.8 Å². The Morgan fingerprint density at radius 3 is 2.37 bits per heavy atom. The van der Waals surface area contributed by atoms with E-state index in [1.165, 1.54) is 18.1 Å². The van der Waals surface area contributed by atoms with Crippen molar-refractivity contribution in [3.63, 3.8) is 0 Å². The highest BCUT2D eigenvalue weighted by Gasteiger charge is 2.32. The van der Waals surface area contributed by atoms with E-state index >= 15 is 0 Å². The molecule has 0 bridgehead atoms. The number of aliphatic hydroxyl groups is 1. The van der Waals surface area contributed by atoms with Crippen LogP contribution in [0.2, 0.25) is 0 Å². The van der Waals surface area contributed by atoms with Crippen molar-refractivity contribution >= 4 is 29.3 Å². The fraction of sp³-hybridized carbons (Fsp3) is 0.385. The molecule has 2 amide bonds. The van der Waals surface area contributed by atoms with Gasteiger partial charge in [0.25, 0.3) is 0 Å². The zero-order valence-electron chi connectivity index (χ0n) is 20.7. The van der Waals surface area contributed by atoms with Crippen LogP contribution in [0.1, 0.15) is 61.2 Å². The van der Waals surface area contributed by atoms with E-state index in [9.17, 15) is 14.7 Å². The number of aromatic amines is 1. The van der Waals surface area contributed by atoms with Gasteiger partial charge in [0, 0.05) is 36.3 Å². The van der Waals surface area contributed by atoms with Crippen LogP contribution < -0.4 is 10.8 Å². The van der Waals surface area contributed by atoms with Crippen LogP contribution in [0.4, 0.5) is 5.69 Å². The third-order valence-electron chi connectivity index (χ3n) is 6.06. The largest absolute Gasteiger partial charge is 0.392 e. The molecule has 5 N–H and O–H groups in total. The Kier molecular flexibility index (Phi) is 10.2. The Morgan fingerprint density at radius 2 is 1.71 bits per heavy atom. The number of hydrogen-bond acceptors (Lipinski definition) is 9. The monoisotopic (exact) mass is 541 g/mol. The molecule has 0 spiro atoms. The van der Waals surface area contributed by atoms with Crippen LogP contribution in [-0.4, -0.2) is 49.2 Å². The number of aromatic nitrogens is 3.